The van der Waals surface area contributed by atoms with Crippen molar-refractivity contribution in [3.05, 3.63) is 24.4 Å². The fourth-order valence-corrected chi connectivity index (χ4v) is 2.36. The summed E-state index contributed by atoms with van der Waals surface area (Å²) >= 11 is 0. The Bertz CT molecular complexity index is 692. The highest BCUT2D eigenvalue weighted by molar-refractivity contribution is 7.94. The van der Waals surface area contributed by atoms with Crippen LogP contribution in [0.4, 0.5) is 5.69 Å². The molecule has 1 aromatic carbocycles. The second-order valence-corrected chi connectivity index (χ2v) is 5.77. The van der Waals surface area contributed by atoms with Crippen LogP contribution in [0.2, 0.25) is 0 Å². The number of carboxylic acid groups (broad SMARTS) is 1. The highest BCUT2D eigenvalue weighted by atomic mass is 32.2. The second kappa shape index (κ2) is 4.30. The highest BCUT2D eigenvalue weighted by Crippen LogP contribution is 2.22. The van der Waals surface area contributed by atoms with Gasteiger partial charge in [0.2, 0.25) is 10.0 Å². The third-order valence-corrected chi connectivity index (χ3v) is 4.19. The lowest BCUT2D eigenvalue weighted by atomic mass is 10.2. The van der Waals surface area contributed by atoms with Crippen molar-refractivity contribution in [1.82, 2.24) is 10.2 Å². The first-order valence-corrected chi connectivity index (χ1v) is 6.63. The molecule has 0 saturated heterocycles. The summed E-state index contributed by atoms with van der Waals surface area (Å²) in [5.41, 5.74) is 0.965. The predicted molar refractivity (Wildman–Crippen MR) is 65.7 cm³/mol. The fourth-order valence-electron chi connectivity index (χ4n) is 1.43. The van der Waals surface area contributed by atoms with E-state index in [0.29, 0.717) is 16.6 Å². The molecule has 0 radical (unpaired) electrons. The maximum atomic E-state index is 11.8. The molecule has 2 aromatic rings. The average molecular weight is 269 g/mol. The number of anilines is 1. The van der Waals surface area contributed by atoms with Gasteiger partial charge in [0.1, 0.15) is 0 Å². The third-order valence-electron chi connectivity index (χ3n) is 2.55. The van der Waals surface area contributed by atoms with Gasteiger partial charge in [-0.2, -0.15) is 5.10 Å². The molecule has 0 aliphatic rings. The minimum Gasteiger partial charge on any atom is -0.480 e. The van der Waals surface area contributed by atoms with Gasteiger partial charge in [-0.1, -0.05) is 6.07 Å². The Kier molecular flexibility index (Phi) is 2.95. The Morgan fingerprint density at radius 2 is 2.22 bits per heavy atom. The minimum atomic E-state index is -3.97. The Morgan fingerprint density at radius 1 is 1.50 bits per heavy atom. The minimum absolute atomic E-state index is 0.300. The summed E-state index contributed by atoms with van der Waals surface area (Å²) in [4.78, 5) is 10.7. The number of aliphatic carboxylic acids is 1. The summed E-state index contributed by atoms with van der Waals surface area (Å²) < 4.78 is 25.8. The van der Waals surface area contributed by atoms with Crippen molar-refractivity contribution >= 4 is 32.6 Å². The molecule has 8 heteroatoms. The summed E-state index contributed by atoms with van der Waals surface area (Å²) in [5, 5.41) is 14.3. The van der Waals surface area contributed by atoms with E-state index in [4.69, 9.17) is 5.11 Å². The van der Waals surface area contributed by atoms with E-state index in [9.17, 15) is 13.2 Å². The summed E-state index contributed by atoms with van der Waals surface area (Å²) in [6.45, 7) is 1.11. The lowest BCUT2D eigenvalue weighted by Gasteiger charge is -2.11. The van der Waals surface area contributed by atoms with Gasteiger partial charge in [0.15, 0.2) is 5.25 Å². The summed E-state index contributed by atoms with van der Waals surface area (Å²) in [5.74, 6) is -1.40. The van der Waals surface area contributed by atoms with E-state index in [2.05, 4.69) is 14.9 Å². The van der Waals surface area contributed by atoms with Gasteiger partial charge in [-0.05, 0) is 19.1 Å². The molecule has 0 fully saturated rings. The maximum Gasteiger partial charge on any atom is 0.323 e. The van der Waals surface area contributed by atoms with Crippen molar-refractivity contribution in [2.45, 2.75) is 12.2 Å². The van der Waals surface area contributed by atoms with E-state index >= 15 is 0 Å². The van der Waals surface area contributed by atoms with E-state index in [1.165, 1.54) is 6.20 Å². The first kappa shape index (κ1) is 12.4. The zero-order valence-corrected chi connectivity index (χ0v) is 10.2. The molecular weight excluding hydrogens is 258 g/mol. The van der Waals surface area contributed by atoms with Crippen molar-refractivity contribution in [2.24, 2.45) is 0 Å². The molecule has 7 nitrogen and oxygen atoms in total. The number of benzene rings is 1. The zero-order valence-electron chi connectivity index (χ0n) is 9.41. The lowest BCUT2D eigenvalue weighted by molar-refractivity contribution is -0.136. The molecule has 0 aliphatic carbocycles. The molecule has 96 valence electrons. The largest absolute Gasteiger partial charge is 0.480 e. The van der Waals surface area contributed by atoms with Gasteiger partial charge >= 0.3 is 5.97 Å². The van der Waals surface area contributed by atoms with E-state index in [1.807, 2.05) is 0 Å². The molecule has 0 saturated carbocycles. The summed E-state index contributed by atoms with van der Waals surface area (Å²) in [7, 11) is -3.97. The number of hydrogen-bond acceptors (Lipinski definition) is 4. The van der Waals surface area contributed by atoms with E-state index in [-0.39, 0.29) is 0 Å². The van der Waals surface area contributed by atoms with Crippen LogP contribution in [0.3, 0.4) is 0 Å². The number of carbonyl (C=O) groups is 1. The van der Waals surface area contributed by atoms with Crippen LogP contribution < -0.4 is 4.72 Å². The van der Waals surface area contributed by atoms with Crippen molar-refractivity contribution in [1.29, 1.82) is 0 Å². The Hall–Kier alpha value is -2.09. The number of nitrogens with one attached hydrogen (secondary N) is 2. The van der Waals surface area contributed by atoms with Crippen LogP contribution in [0.1, 0.15) is 6.92 Å². The van der Waals surface area contributed by atoms with E-state index < -0.39 is 21.2 Å². The quantitative estimate of drug-likeness (QED) is 0.759. The van der Waals surface area contributed by atoms with Crippen molar-refractivity contribution in [2.75, 3.05) is 4.72 Å². The smallest absolute Gasteiger partial charge is 0.323 e. The second-order valence-electron chi connectivity index (χ2n) is 3.76. The maximum absolute atomic E-state index is 11.8. The van der Waals surface area contributed by atoms with Crippen LogP contribution in [-0.2, 0) is 14.8 Å². The summed E-state index contributed by atoms with van der Waals surface area (Å²) in [6.07, 6.45) is 1.47. The number of sulfonamides is 1. The molecule has 1 heterocycles. The molecule has 2 rings (SSSR count). The lowest BCUT2D eigenvalue weighted by Crippen LogP contribution is -2.32. The zero-order chi connectivity index (χ0) is 13.3. The van der Waals surface area contributed by atoms with Crippen molar-refractivity contribution < 1.29 is 18.3 Å². The number of nitrogens with zero attached hydrogens (tertiary/aromatic N) is 1. The van der Waals surface area contributed by atoms with Gasteiger partial charge < -0.3 is 5.11 Å². The molecule has 3 N–H and O–H groups in total. The fraction of sp³-hybridized carbons (Fsp3) is 0.200. The van der Waals surface area contributed by atoms with E-state index in [0.717, 1.165) is 6.92 Å². The molecule has 1 atom stereocenters. The topological polar surface area (TPSA) is 112 Å². The first-order chi connectivity index (χ1) is 8.42. The molecule has 0 aliphatic heterocycles. The number of aromatic amines is 1. The standard InChI is InChI=1S/C10H11N3O4S/c1-6(10(14)15)18(16,17)13-9-4-2-3-8-7(9)5-11-12-8/h2-6,13H,1H3,(H,11,12)(H,14,15). The molecule has 1 aromatic heterocycles. The third kappa shape index (κ3) is 2.14. The Balaban J connectivity index is 2.40. The molecular formula is C10H11N3O4S. The van der Waals surface area contributed by atoms with Crippen molar-refractivity contribution in [3.8, 4) is 0 Å². The predicted octanol–water partition coefficient (Wildman–Crippen LogP) is 0.778. The molecule has 0 amide bonds. The van der Waals surface area contributed by atoms with Crippen LogP contribution in [0.15, 0.2) is 24.4 Å². The van der Waals surface area contributed by atoms with Crippen LogP contribution in [0.25, 0.3) is 10.9 Å². The summed E-state index contributed by atoms with van der Waals surface area (Å²) in [6, 6.07) is 4.93. The Labute approximate surface area is 103 Å². The highest BCUT2D eigenvalue weighted by Gasteiger charge is 2.28. The molecule has 18 heavy (non-hydrogen) atoms. The van der Waals surface area contributed by atoms with Crippen molar-refractivity contribution in [3.63, 3.8) is 0 Å². The molecule has 0 spiro atoms. The SMILES string of the molecule is CC(C(=O)O)S(=O)(=O)Nc1cccc2[nH]ncc12. The number of aromatic nitrogens is 2. The van der Waals surface area contributed by atoms with Gasteiger partial charge in [-0.25, -0.2) is 8.42 Å². The number of fused-ring (bicyclic) bond motifs is 1. The van der Waals surface area contributed by atoms with Gasteiger partial charge in [0, 0.05) is 5.39 Å². The van der Waals surface area contributed by atoms with Gasteiger partial charge in [-0.15, -0.1) is 0 Å². The van der Waals surface area contributed by atoms with Crippen LogP contribution in [-0.4, -0.2) is 34.9 Å². The van der Waals surface area contributed by atoms with Crippen LogP contribution >= 0.6 is 0 Å². The monoisotopic (exact) mass is 269 g/mol. The number of rotatable bonds is 4. The van der Waals surface area contributed by atoms with Gasteiger partial charge in [0.05, 0.1) is 17.4 Å². The Morgan fingerprint density at radius 3 is 2.89 bits per heavy atom. The van der Waals surface area contributed by atoms with Gasteiger partial charge in [0.25, 0.3) is 0 Å². The average Bonchev–Trinajstić information content (AvgIpc) is 2.76. The normalized spacial score (nSPS) is 13.4. The molecule has 0 bridgehead atoms. The number of H-pyrrole nitrogens is 1. The number of carboxylic acids is 1. The van der Waals surface area contributed by atoms with E-state index in [1.54, 1.807) is 18.2 Å². The number of hydrogen-bond donors (Lipinski definition) is 3. The molecule has 1 unspecified atom stereocenters. The first-order valence-electron chi connectivity index (χ1n) is 5.08. The van der Waals surface area contributed by atoms with Crippen LogP contribution in [0.5, 0.6) is 0 Å². The van der Waals surface area contributed by atoms with Crippen LogP contribution in [0, 0.1) is 0 Å². The van der Waals surface area contributed by atoms with Gasteiger partial charge in [-0.3, -0.25) is 14.6 Å².